The van der Waals surface area contributed by atoms with Crippen molar-refractivity contribution in [3.8, 4) is 0 Å². The smallest absolute Gasteiger partial charge is 0.306 e. The first-order valence-corrected chi connectivity index (χ1v) is 30.1. The molecular weight excluding hydrogens is 853 g/mol. The van der Waals surface area contributed by atoms with Gasteiger partial charge >= 0.3 is 17.9 Å². The predicted molar refractivity (Wildman–Crippen MR) is 298 cm³/mol. The van der Waals surface area contributed by atoms with Crippen LogP contribution in [0.2, 0.25) is 0 Å². The van der Waals surface area contributed by atoms with Crippen LogP contribution >= 0.6 is 0 Å². The van der Waals surface area contributed by atoms with Crippen molar-refractivity contribution in [1.82, 2.24) is 0 Å². The predicted octanol–water partition coefficient (Wildman–Crippen LogP) is 20.2. The van der Waals surface area contributed by atoms with Crippen molar-refractivity contribution in [2.75, 3.05) is 13.2 Å². The number of ether oxygens (including phenoxy) is 3. The average molecular weight is 968 g/mol. The topological polar surface area (TPSA) is 78.9 Å². The standard InChI is InChI=1S/C63H114O6/c1-4-7-10-13-16-19-22-25-27-29-31-33-35-38-41-44-47-50-53-56-62(65)68-59-60(58-67-61(64)55-52-49-46-43-40-37-24-21-18-15-12-9-6-3)69-63(66)57-54-51-48-45-42-39-36-34-32-30-28-26-23-20-17-14-11-8-5-2/h16,19,21,24-25,27,30,32,60H,4-15,17-18,20,22-23,26,28-29,31,33-59H2,1-3H3/b19-16-,24-21-,27-25-,32-30-/t60-/m1/s1. The Kier molecular flexibility index (Phi) is 55.7. The molecule has 0 aliphatic rings. The maximum atomic E-state index is 12.9. The molecule has 1 atom stereocenters. The molecule has 0 saturated heterocycles. The molecule has 0 saturated carbocycles. The first-order chi connectivity index (χ1) is 34.0. The van der Waals surface area contributed by atoms with Crippen LogP contribution in [0.25, 0.3) is 0 Å². The summed E-state index contributed by atoms with van der Waals surface area (Å²) < 4.78 is 16.9. The highest BCUT2D eigenvalue weighted by molar-refractivity contribution is 5.71. The third-order valence-corrected chi connectivity index (χ3v) is 13.3. The molecule has 6 heteroatoms. The molecule has 0 aliphatic carbocycles. The molecule has 0 N–H and O–H groups in total. The Morgan fingerprint density at radius 3 is 0.855 bits per heavy atom. The van der Waals surface area contributed by atoms with Gasteiger partial charge in [-0.05, 0) is 103 Å². The van der Waals surface area contributed by atoms with E-state index in [1.807, 2.05) is 0 Å². The highest BCUT2D eigenvalue weighted by Gasteiger charge is 2.19. The molecule has 0 heterocycles. The van der Waals surface area contributed by atoms with Crippen molar-refractivity contribution in [3.63, 3.8) is 0 Å². The van der Waals surface area contributed by atoms with Crippen LogP contribution in [0, 0.1) is 0 Å². The lowest BCUT2D eigenvalue weighted by Gasteiger charge is -2.18. The van der Waals surface area contributed by atoms with E-state index < -0.39 is 6.10 Å². The summed E-state index contributed by atoms with van der Waals surface area (Å²) in [6, 6.07) is 0. The van der Waals surface area contributed by atoms with E-state index in [1.165, 1.54) is 205 Å². The summed E-state index contributed by atoms with van der Waals surface area (Å²) in [7, 11) is 0. The molecule has 402 valence electrons. The lowest BCUT2D eigenvalue weighted by atomic mass is 10.1. The largest absolute Gasteiger partial charge is 0.462 e. The summed E-state index contributed by atoms with van der Waals surface area (Å²) in [4.78, 5) is 38.2. The molecule has 0 aliphatic heterocycles. The van der Waals surface area contributed by atoms with Crippen LogP contribution < -0.4 is 0 Å². The van der Waals surface area contributed by atoms with Crippen LogP contribution in [0.3, 0.4) is 0 Å². The minimum atomic E-state index is -0.780. The van der Waals surface area contributed by atoms with E-state index in [4.69, 9.17) is 14.2 Å². The van der Waals surface area contributed by atoms with Gasteiger partial charge in [0.05, 0.1) is 0 Å². The van der Waals surface area contributed by atoms with Crippen LogP contribution in [0.1, 0.15) is 316 Å². The monoisotopic (exact) mass is 967 g/mol. The number of unbranched alkanes of at least 4 members (excludes halogenated alkanes) is 36. The van der Waals surface area contributed by atoms with Crippen LogP contribution in [-0.4, -0.2) is 37.2 Å². The van der Waals surface area contributed by atoms with Crippen molar-refractivity contribution < 1.29 is 28.6 Å². The highest BCUT2D eigenvalue weighted by atomic mass is 16.6. The van der Waals surface area contributed by atoms with Gasteiger partial charge in [-0.1, -0.05) is 243 Å². The summed E-state index contributed by atoms with van der Waals surface area (Å²) >= 11 is 0. The van der Waals surface area contributed by atoms with Crippen LogP contribution in [0.5, 0.6) is 0 Å². The molecule has 0 unspecified atom stereocenters. The summed E-state index contributed by atoms with van der Waals surface area (Å²) in [6.07, 6.45) is 71.0. The van der Waals surface area contributed by atoms with Crippen LogP contribution in [0.15, 0.2) is 48.6 Å². The summed E-state index contributed by atoms with van der Waals surface area (Å²) in [6.45, 7) is 6.62. The third-order valence-electron chi connectivity index (χ3n) is 13.3. The quantitative estimate of drug-likeness (QED) is 0.0262. The van der Waals surface area contributed by atoms with Crippen molar-refractivity contribution >= 4 is 17.9 Å². The minimum Gasteiger partial charge on any atom is -0.462 e. The number of carbonyl (C=O) groups is 3. The van der Waals surface area contributed by atoms with Crippen molar-refractivity contribution in [2.45, 2.75) is 322 Å². The number of hydrogen-bond donors (Lipinski definition) is 0. The second-order valence-corrected chi connectivity index (χ2v) is 20.2. The Hall–Kier alpha value is -2.63. The van der Waals surface area contributed by atoms with Gasteiger partial charge in [-0.15, -0.1) is 0 Å². The molecule has 0 spiro atoms. The van der Waals surface area contributed by atoms with E-state index in [1.54, 1.807) is 0 Å². The first-order valence-electron chi connectivity index (χ1n) is 30.1. The van der Waals surface area contributed by atoms with E-state index in [2.05, 4.69) is 69.4 Å². The minimum absolute atomic E-state index is 0.0780. The second-order valence-electron chi connectivity index (χ2n) is 20.2. The molecule has 6 nitrogen and oxygen atoms in total. The molecule has 0 amide bonds. The van der Waals surface area contributed by atoms with E-state index in [0.717, 1.165) is 70.6 Å². The molecule has 0 rings (SSSR count). The summed E-state index contributed by atoms with van der Waals surface area (Å²) in [5, 5.41) is 0. The Morgan fingerprint density at radius 1 is 0.290 bits per heavy atom. The Morgan fingerprint density at radius 2 is 0.522 bits per heavy atom. The Labute approximate surface area is 428 Å². The van der Waals surface area contributed by atoms with E-state index in [-0.39, 0.29) is 31.1 Å². The number of rotatable bonds is 55. The molecule has 0 aromatic heterocycles. The zero-order valence-corrected chi connectivity index (χ0v) is 46.1. The van der Waals surface area contributed by atoms with Gasteiger partial charge in [-0.2, -0.15) is 0 Å². The number of allylic oxidation sites excluding steroid dienone is 8. The fourth-order valence-electron chi connectivity index (χ4n) is 8.70. The van der Waals surface area contributed by atoms with E-state index in [0.29, 0.717) is 19.3 Å². The van der Waals surface area contributed by atoms with Gasteiger partial charge in [0, 0.05) is 19.3 Å². The molecule has 0 aromatic carbocycles. The summed E-state index contributed by atoms with van der Waals surface area (Å²) in [5.41, 5.74) is 0. The maximum absolute atomic E-state index is 12.9. The lowest BCUT2D eigenvalue weighted by molar-refractivity contribution is -0.167. The van der Waals surface area contributed by atoms with E-state index >= 15 is 0 Å². The van der Waals surface area contributed by atoms with Gasteiger partial charge in [0.2, 0.25) is 0 Å². The Bertz CT molecular complexity index is 1200. The van der Waals surface area contributed by atoms with Crippen molar-refractivity contribution in [2.24, 2.45) is 0 Å². The Balaban J connectivity index is 4.35. The van der Waals surface area contributed by atoms with E-state index in [9.17, 15) is 14.4 Å². The molecule has 0 aromatic rings. The lowest BCUT2D eigenvalue weighted by Crippen LogP contribution is -2.30. The van der Waals surface area contributed by atoms with Gasteiger partial charge in [-0.25, -0.2) is 0 Å². The number of hydrogen-bond acceptors (Lipinski definition) is 6. The normalized spacial score (nSPS) is 12.3. The van der Waals surface area contributed by atoms with Gasteiger partial charge < -0.3 is 14.2 Å². The molecular formula is C63H114O6. The average Bonchev–Trinajstić information content (AvgIpc) is 3.35. The third kappa shape index (κ3) is 56.2. The highest BCUT2D eigenvalue weighted by Crippen LogP contribution is 2.16. The number of carbonyl (C=O) groups excluding carboxylic acids is 3. The maximum Gasteiger partial charge on any atom is 0.306 e. The zero-order chi connectivity index (χ0) is 50.0. The molecule has 0 bridgehead atoms. The number of esters is 3. The summed E-state index contributed by atoms with van der Waals surface area (Å²) in [5.74, 6) is -0.880. The second kappa shape index (κ2) is 57.9. The fourth-order valence-corrected chi connectivity index (χ4v) is 8.70. The fraction of sp³-hybridized carbons (Fsp3) is 0.825. The molecule has 69 heavy (non-hydrogen) atoms. The first kappa shape index (κ1) is 66.4. The van der Waals surface area contributed by atoms with Gasteiger partial charge in [-0.3, -0.25) is 14.4 Å². The molecule has 0 fully saturated rings. The zero-order valence-electron chi connectivity index (χ0n) is 46.1. The van der Waals surface area contributed by atoms with Gasteiger partial charge in [0.1, 0.15) is 13.2 Å². The SMILES string of the molecule is CCCCC/C=C\C/C=C\CCCCCCCCCCCC(=O)OC[C@@H](COC(=O)CCCCCCC/C=C\CCCCCC)OC(=O)CCCCCCCCC/C=C\CCCCCCCCCC. The molecule has 0 radical (unpaired) electrons. The van der Waals surface area contributed by atoms with Crippen molar-refractivity contribution in [3.05, 3.63) is 48.6 Å². The van der Waals surface area contributed by atoms with Gasteiger partial charge in [0.25, 0.3) is 0 Å². The van der Waals surface area contributed by atoms with Crippen LogP contribution in [0.4, 0.5) is 0 Å². The van der Waals surface area contributed by atoms with Crippen LogP contribution in [-0.2, 0) is 28.6 Å². The van der Waals surface area contributed by atoms with Gasteiger partial charge in [0.15, 0.2) is 6.10 Å². The van der Waals surface area contributed by atoms with Crippen molar-refractivity contribution in [1.29, 1.82) is 0 Å².